The molecule has 11 heteroatoms. The topological polar surface area (TPSA) is 103 Å². The van der Waals surface area contributed by atoms with Gasteiger partial charge < -0.3 is 20.2 Å². The summed E-state index contributed by atoms with van der Waals surface area (Å²) in [7, 11) is 0. The van der Waals surface area contributed by atoms with Crippen molar-refractivity contribution in [3.8, 4) is 0 Å². The first-order valence-corrected chi connectivity index (χ1v) is 13.1. The average molecular weight is 547 g/mol. The van der Waals surface area contributed by atoms with Gasteiger partial charge in [-0.3, -0.25) is 9.59 Å². The summed E-state index contributed by atoms with van der Waals surface area (Å²) in [6.45, 7) is 5.52. The Balaban J connectivity index is 0.000000448. The van der Waals surface area contributed by atoms with Gasteiger partial charge in [0.25, 0.3) is 5.91 Å². The van der Waals surface area contributed by atoms with E-state index in [9.17, 15) is 22.8 Å². The normalized spacial score (nSPS) is 22.7. The van der Waals surface area contributed by atoms with Crippen molar-refractivity contribution in [2.75, 3.05) is 37.6 Å². The number of anilines is 1. The highest BCUT2D eigenvalue weighted by Crippen LogP contribution is 2.44. The van der Waals surface area contributed by atoms with E-state index in [0.29, 0.717) is 25.6 Å². The van der Waals surface area contributed by atoms with E-state index in [0.717, 1.165) is 42.9 Å². The van der Waals surface area contributed by atoms with Crippen LogP contribution in [0.3, 0.4) is 0 Å². The van der Waals surface area contributed by atoms with Crippen LogP contribution >= 0.6 is 0 Å². The van der Waals surface area contributed by atoms with Crippen LogP contribution in [0.1, 0.15) is 41.6 Å². The van der Waals surface area contributed by atoms with Gasteiger partial charge in [-0.15, -0.1) is 0 Å². The number of amides is 2. The summed E-state index contributed by atoms with van der Waals surface area (Å²) in [4.78, 5) is 44.5. The van der Waals surface area contributed by atoms with E-state index in [1.54, 1.807) is 6.20 Å². The lowest BCUT2D eigenvalue weighted by Crippen LogP contribution is -2.48. The van der Waals surface area contributed by atoms with E-state index in [2.05, 4.69) is 15.2 Å². The lowest BCUT2D eigenvalue weighted by atomic mass is 9.74. The van der Waals surface area contributed by atoms with Crippen LogP contribution in [0.4, 0.5) is 19.0 Å². The number of carbonyl (C=O) groups excluding carboxylic acids is 2. The highest BCUT2D eigenvalue weighted by molar-refractivity contribution is 5.94. The molecule has 2 saturated heterocycles. The van der Waals surface area contributed by atoms with Gasteiger partial charge in [-0.1, -0.05) is 23.8 Å². The molecule has 2 aliphatic heterocycles. The van der Waals surface area contributed by atoms with Crippen LogP contribution in [0.5, 0.6) is 0 Å². The number of aliphatic carboxylic acids is 1. The number of pyridine rings is 1. The molecule has 3 fully saturated rings. The number of carboxylic acid groups (broad SMARTS) is 1. The van der Waals surface area contributed by atoms with E-state index in [-0.39, 0.29) is 17.7 Å². The van der Waals surface area contributed by atoms with Gasteiger partial charge in [0.05, 0.1) is 5.41 Å². The fourth-order valence-electron chi connectivity index (χ4n) is 5.32. The molecule has 1 aromatic heterocycles. The summed E-state index contributed by atoms with van der Waals surface area (Å²) in [5, 5.41) is 10.4. The molecule has 0 radical (unpaired) electrons. The molecule has 2 atom stereocenters. The third-order valence-corrected chi connectivity index (χ3v) is 7.69. The van der Waals surface area contributed by atoms with Crippen LogP contribution in [0.25, 0.3) is 0 Å². The zero-order chi connectivity index (χ0) is 28.2. The van der Waals surface area contributed by atoms with Gasteiger partial charge in [0.1, 0.15) is 5.82 Å². The molecule has 2 amide bonds. The van der Waals surface area contributed by atoms with Crippen LogP contribution in [0.2, 0.25) is 0 Å². The van der Waals surface area contributed by atoms with E-state index >= 15 is 0 Å². The predicted molar refractivity (Wildman–Crippen MR) is 138 cm³/mol. The number of hydrogen-bond donors (Lipinski definition) is 2. The number of nitrogens with zero attached hydrogens (tertiary/aromatic N) is 3. The monoisotopic (exact) mass is 546 g/mol. The summed E-state index contributed by atoms with van der Waals surface area (Å²) in [6.07, 6.45) is 0.790. The molecule has 210 valence electrons. The first-order chi connectivity index (χ1) is 18.5. The number of rotatable bonds is 5. The molecule has 0 spiro atoms. The Labute approximate surface area is 225 Å². The van der Waals surface area contributed by atoms with Crippen molar-refractivity contribution in [2.24, 2.45) is 17.3 Å². The number of nitrogens with one attached hydrogen (secondary N) is 1. The van der Waals surface area contributed by atoms with Crippen LogP contribution in [0, 0.1) is 24.2 Å². The number of benzene rings is 1. The summed E-state index contributed by atoms with van der Waals surface area (Å²) in [6, 6.07) is 13.7. The fourth-order valence-corrected chi connectivity index (χ4v) is 5.32. The zero-order valence-electron chi connectivity index (χ0n) is 21.8. The Kier molecular flexibility index (Phi) is 8.46. The Morgan fingerprint density at radius 2 is 1.79 bits per heavy atom. The molecular weight excluding hydrogens is 513 g/mol. The van der Waals surface area contributed by atoms with Gasteiger partial charge in [0.2, 0.25) is 5.91 Å². The third kappa shape index (κ3) is 6.88. The van der Waals surface area contributed by atoms with Crippen molar-refractivity contribution in [1.82, 2.24) is 15.2 Å². The Bertz CT molecular complexity index is 1170. The maximum absolute atomic E-state index is 13.6. The second kappa shape index (κ2) is 11.6. The SMILES string of the molecule is Cc1ccc(C(=O)N2CCC[C@]3(C(=O)NCC4CC4)CN(c4ccccn4)C[C@@H]3C2)cc1.O=C(O)C(F)(F)F. The molecule has 1 aromatic carbocycles. The average Bonchev–Trinajstić information content (AvgIpc) is 3.70. The number of fused-ring (bicyclic) bond motifs is 1. The van der Waals surface area contributed by atoms with E-state index in [4.69, 9.17) is 9.90 Å². The summed E-state index contributed by atoms with van der Waals surface area (Å²) >= 11 is 0. The Morgan fingerprint density at radius 1 is 1.10 bits per heavy atom. The lowest BCUT2D eigenvalue weighted by molar-refractivity contribution is -0.192. The van der Waals surface area contributed by atoms with Gasteiger partial charge in [0.15, 0.2) is 0 Å². The molecule has 8 nitrogen and oxygen atoms in total. The van der Waals surface area contributed by atoms with Crippen molar-refractivity contribution in [3.05, 3.63) is 59.8 Å². The molecule has 2 aromatic rings. The molecular formula is C28H33F3N4O4. The molecule has 0 unspecified atom stereocenters. The molecule has 39 heavy (non-hydrogen) atoms. The van der Waals surface area contributed by atoms with Crippen molar-refractivity contribution >= 4 is 23.6 Å². The molecule has 0 bridgehead atoms. The van der Waals surface area contributed by atoms with Gasteiger partial charge in [-0.25, -0.2) is 9.78 Å². The maximum Gasteiger partial charge on any atom is 0.490 e. The molecule has 3 aliphatic rings. The first-order valence-electron chi connectivity index (χ1n) is 13.1. The number of aryl methyl sites for hydroxylation is 1. The van der Waals surface area contributed by atoms with Crippen molar-refractivity contribution in [3.63, 3.8) is 0 Å². The minimum Gasteiger partial charge on any atom is -0.475 e. The van der Waals surface area contributed by atoms with Crippen LogP contribution in [0.15, 0.2) is 48.7 Å². The van der Waals surface area contributed by atoms with Crippen molar-refractivity contribution in [2.45, 2.75) is 38.8 Å². The third-order valence-electron chi connectivity index (χ3n) is 7.69. The lowest BCUT2D eigenvalue weighted by Gasteiger charge is -2.32. The summed E-state index contributed by atoms with van der Waals surface area (Å²) < 4.78 is 31.7. The quantitative estimate of drug-likeness (QED) is 0.590. The number of alkyl halides is 3. The van der Waals surface area contributed by atoms with Crippen LogP contribution in [-0.4, -0.2) is 71.7 Å². The van der Waals surface area contributed by atoms with Crippen molar-refractivity contribution < 1.29 is 32.7 Å². The number of aromatic nitrogens is 1. The maximum atomic E-state index is 13.6. The van der Waals surface area contributed by atoms with E-state index in [1.165, 1.54) is 12.8 Å². The second-order valence-electron chi connectivity index (χ2n) is 10.6. The molecule has 2 N–H and O–H groups in total. The second-order valence-corrected chi connectivity index (χ2v) is 10.6. The van der Waals surface area contributed by atoms with Crippen LogP contribution in [-0.2, 0) is 9.59 Å². The molecule has 1 aliphatic carbocycles. The number of likely N-dealkylation sites (tertiary alicyclic amines) is 1. The van der Waals surface area contributed by atoms with Crippen LogP contribution < -0.4 is 10.2 Å². The Morgan fingerprint density at radius 3 is 2.38 bits per heavy atom. The highest BCUT2D eigenvalue weighted by Gasteiger charge is 2.54. The van der Waals surface area contributed by atoms with Gasteiger partial charge in [0, 0.05) is 50.4 Å². The fraction of sp³-hybridized carbons (Fsp3) is 0.500. The minimum atomic E-state index is -5.08. The Hall–Kier alpha value is -3.63. The number of carboxylic acids is 1. The number of carbonyl (C=O) groups is 3. The standard InChI is InChI=1S/C26H32N4O2.C2HF3O2/c1-19-6-10-21(11-7-19)24(31)29-14-4-12-26(25(32)28-15-20-8-9-20)18-30(17-22(26)16-29)23-5-2-3-13-27-23;3-2(4,5)1(6)7/h2-3,5-7,10-11,13,20,22H,4,8-9,12,14-18H2,1H3,(H,28,32);(H,6,7)/t22-,26-;/m0./s1. The summed E-state index contributed by atoms with van der Waals surface area (Å²) in [5.74, 6) is -0.889. The predicted octanol–water partition coefficient (Wildman–Crippen LogP) is 3.91. The summed E-state index contributed by atoms with van der Waals surface area (Å²) in [5.41, 5.74) is 1.39. The first kappa shape index (κ1) is 28.4. The largest absolute Gasteiger partial charge is 0.490 e. The number of halogens is 3. The molecule has 3 heterocycles. The van der Waals surface area contributed by atoms with E-state index in [1.807, 2.05) is 54.3 Å². The smallest absolute Gasteiger partial charge is 0.475 e. The van der Waals surface area contributed by atoms with Gasteiger partial charge in [-0.2, -0.15) is 13.2 Å². The van der Waals surface area contributed by atoms with Crippen molar-refractivity contribution in [1.29, 1.82) is 0 Å². The van der Waals surface area contributed by atoms with E-state index < -0.39 is 17.6 Å². The number of hydrogen-bond acceptors (Lipinski definition) is 5. The molecule has 5 rings (SSSR count). The zero-order valence-corrected chi connectivity index (χ0v) is 21.8. The highest BCUT2D eigenvalue weighted by atomic mass is 19.4. The minimum absolute atomic E-state index is 0.0653. The van der Waals surface area contributed by atoms with Gasteiger partial charge in [-0.05, 0) is 62.8 Å². The molecule has 1 saturated carbocycles. The van der Waals surface area contributed by atoms with Gasteiger partial charge >= 0.3 is 12.1 Å².